The SMILES string of the molecule is CCCCCCCCCCCCCCCCCCCCCCCC(=O)O[C@H](COC(=O)CCCCCCCCCCCCCCC(C)C)COP(=O)(O)OC[C@@H](O)COP(=O)(O)OC[C@@H](COC(=O)CCCCCCCCC)OC(=O)CCCCCCCCCC. The highest BCUT2D eigenvalue weighted by Gasteiger charge is 2.30. The van der Waals surface area contributed by atoms with Crippen LogP contribution < -0.4 is 0 Å². The fourth-order valence-electron chi connectivity index (χ4n) is 11.0. The topological polar surface area (TPSA) is 237 Å². The average molecular weight is 1340 g/mol. The molecule has 19 heteroatoms. The van der Waals surface area contributed by atoms with Crippen molar-refractivity contribution >= 4 is 39.5 Å². The Labute approximate surface area is 556 Å². The first kappa shape index (κ1) is 89.1. The van der Waals surface area contributed by atoms with Gasteiger partial charge in [0.05, 0.1) is 26.4 Å². The minimum Gasteiger partial charge on any atom is -0.462 e. The summed E-state index contributed by atoms with van der Waals surface area (Å²) in [5, 5.41) is 10.6. The Morgan fingerprint density at radius 2 is 0.505 bits per heavy atom. The van der Waals surface area contributed by atoms with Gasteiger partial charge in [-0.15, -0.1) is 0 Å². The molecule has 2 unspecified atom stereocenters. The lowest BCUT2D eigenvalue weighted by molar-refractivity contribution is -0.161. The van der Waals surface area contributed by atoms with Crippen LogP contribution in [-0.4, -0.2) is 96.7 Å². The molecule has 0 aromatic heterocycles. The molecule has 5 atom stereocenters. The number of aliphatic hydroxyl groups excluding tert-OH is 1. The van der Waals surface area contributed by atoms with Gasteiger partial charge in [-0.05, 0) is 31.6 Å². The summed E-state index contributed by atoms with van der Waals surface area (Å²) in [5.74, 6) is -1.35. The third kappa shape index (κ3) is 66.5. The van der Waals surface area contributed by atoms with Gasteiger partial charge >= 0.3 is 39.5 Å². The summed E-state index contributed by atoms with van der Waals surface area (Å²) in [6, 6.07) is 0. The van der Waals surface area contributed by atoms with E-state index < -0.39 is 97.5 Å². The van der Waals surface area contributed by atoms with Crippen LogP contribution in [0.1, 0.15) is 375 Å². The largest absolute Gasteiger partial charge is 0.472 e. The van der Waals surface area contributed by atoms with Crippen molar-refractivity contribution in [3.63, 3.8) is 0 Å². The maximum atomic E-state index is 13.1. The van der Waals surface area contributed by atoms with Crippen LogP contribution in [0.5, 0.6) is 0 Å². The molecule has 0 saturated heterocycles. The lowest BCUT2D eigenvalue weighted by Gasteiger charge is -2.21. The molecule has 0 aliphatic rings. The van der Waals surface area contributed by atoms with Crippen LogP contribution in [-0.2, 0) is 65.4 Å². The molecule has 0 spiro atoms. The summed E-state index contributed by atoms with van der Waals surface area (Å²) in [4.78, 5) is 72.3. The van der Waals surface area contributed by atoms with Crippen LogP contribution in [0.2, 0.25) is 0 Å². The second-order valence-electron chi connectivity index (χ2n) is 26.5. The molecule has 0 bridgehead atoms. The quantitative estimate of drug-likeness (QED) is 0.0222. The molecule has 0 aliphatic carbocycles. The second kappa shape index (κ2) is 65.4. The van der Waals surface area contributed by atoms with E-state index in [0.29, 0.717) is 25.7 Å². The highest BCUT2D eigenvalue weighted by atomic mass is 31.2. The van der Waals surface area contributed by atoms with Crippen molar-refractivity contribution in [2.24, 2.45) is 5.92 Å². The number of rotatable bonds is 72. The highest BCUT2D eigenvalue weighted by molar-refractivity contribution is 7.47. The van der Waals surface area contributed by atoms with Crippen LogP contribution in [0.25, 0.3) is 0 Å². The zero-order chi connectivity index (χ0) is 67.0. The number of carbonyl (C=O) groups is 4. The van der Waals surface area contributed by atoms with Crippen LogP contribution in [0.4, 0.5) is 0 Å². The predicted octanol–water partition coefficient (Wildman–Crippen LogP) is 20.9. The Balaban J connectivity index is 5.13. The standard InChI is InChI=1S/C72H140O17P2/c1-6-9-12-15-18-20-21-22-23-24-25-26-27-28-29-30-35-38-43-48-53-58-72(77)89-68(62-83-70(75)56-51-46-42-37-34-32-31-33-36-40-44-49-54-65(4)5)64-87-91(80,81)85-60-66(73)59-84-90(78,79)86-63-67(61-82-69(74)55-50-45-39-17-14-11-8-3)88-71(76)57-52-47-41-19-16-13-10-7-2/h65-68,73H,6-64H2,1-5H3,(H,78,79)(H,80,81)/t66-,67+,68+/m0/s1. The number of esters is 4. The molecule has 540 valence electrons. The van der Waals surface area contributed by atoms with E-state index in [9.17, 15) is 43.2 Å². The Hall–Kier alpha value is -1.94. The van der Waals surface area contributed by atoms with Crippen LogP contribution in [0, 0.1) is 5.92 Å². The molecule has 0 radical (unpaired) electrons. The minimum absolute atomic E-state index is 0.105. The molecule has 0 aromatic carbocycles. The molecule has 0 heterocycles. The number of aliphatic hydroxyl groups is 1. The van der Waals surface area contributed by atoms with Gasteiger partial charge in [0.15, 0.2) is 12.2 Å². The van der Waals surface area contributed by atoms with E-state index in [0.717, 1.165) is 115 Å². The molecule has 0 rings (SSSR count). The van der Waals surface area contributed by atoms with Crippen molar-refractivity contribution in [2.45, 2.75) is 393 Å². The van der Waals surface area contributed by atoms with Crippen molar-refractivity contribution in [1.29, 1.82) is 0 Å². The average Bonchev–Trinajstić information content (AvgIpc) is 3.34. The summed E-state index contributed by atoms with van der Waals surface area (Å²) >= 11 is 0. The summed E-state index contributed by atoms with van der Waals surface area (Å²) in [7, 11) is -9.89. The fourth-order valence-corrected chi connectivity index (χ4v) is 12.6. The maximum Gasteiger partial charge on any atom is 0.472 e. The van der Waals surface area contributed by atoms with Gasteiger partial charge in [-0.1, -0.05) is 324 Å². The van der Waals surface area contributed by atoms with E-state index >= 15 is 0 Å². The number of carbonyl (C=O) groups excluding carboxylic acids is 4. The van der Waals surface area contributed by atoms with Gasteiger partial charge in [-0.3, -0.25) is 37.3 Å². The molecule has 3 N–H and O–H groups in total. The molecule has 17 nitrogen and oxygen atoms in total. The zero-order valence-corrected chi connectivity index (χ0v) is 60.8. The van der Waals surface area contributed by atoms with E-state index in [1.807, 2.05) is 0 Å². The molecule has 0 fully saturated rings. The van der Waals surface area contributed by atoms with Crippen LogP contribution >= 0.6 is 15.6 Å². The van der Waals surface area contributed by atoms with Crippen molar-refractivity contribution in [1.82, 2.24) is 0 Å². The van der Waals surface area contributed by atoms with Crippen molar-refractivity contribution < 1.29 is 80.2 Å². The van der Waals surface area contributed by atoms with Crippen LogP contribution in [0.3, 0.4) is 0 Å². The molecule has 0 saturated carbocycles. The first-order valence-corrected chi connectivity index (χ1v) is 40.6. The normalized spacial score (nSPS) is 14.0. The molecule has 0 amide bonds. The number of ether oxygens (including phenoxy) is 4. The highest BCUT2D eigenvalue weighted by Crippen LogP contribution is 2.45. The Morgan fingerprint density at radius 1 is 0.297 bits per heavy atom. The van der Waals surface area contributed by atoms with Gasteiger partial charge in [0, 0.05) is 25.7 Å². The fraction of sp³-hybridized carbons (Fsp3) is 0.944. The number of phosphoric ester groups is 2. The van der Waals surface area contributed by atoms with Crippen molar-refractivity contribution in [3.05, 3.63) is 0 Å². The van der Waals surface area contributed by atoms with E-state index in [4.69, 9.17) is 37.0 Å². The molecular formula is C72H140O17P2. The second-order valence-corrected chi connectivity index (χ2v) is 29.4. The summed E-state index contributed by atoms with van der Waals surface area (Å²) in [6.07, 6.45) is 53.1. The number of hydrogen-bond acceptors (Lipinski definition) is 15. The number of hydrogen-bond donors (Lipinski definition) is 3. The van der Waals surface area contributed by atoms with Gasteiger partial charge in [0.25, 0.3) is 0 Å². The number of unbranched alkanes of at least 4 members (excludes halogenated alkanes) is 44. The summed E-state index contributed by atoms with van der Waals surface area (Å²) in [5.41, 5.74) is 0. The van der Waals surface area contributed by atoms with Crippen molar-refractivity contribution in [2.75, 3.05) is 39.6 Å². The summed E-state index contributed by atoms with van der Waals surface area (Å²) in [6.45, 7) is 7.20. The van der Waals surface area contributed by atoms with E-state index in [1.54, 1.807) is 0 Å². The van der Waals surface area contributed by atoms with Gasteiger partial charge < -0.3 is 33.8 Å². The van der Waals surface area contributed by atoms with E-state index in [-0.39, 0.29) is 25.7 Å². The summed E-state index contributed by atoms with van der Waals surface area (Å²) < 4.78 is 68.1. The molecule has 0 aliphatic heterocycles. The lowest BCUT2D eigenvalue weighted by Crippen LogP contribution is -2.30. The van der Waals surface area contributed by atoms with Crippen LogP contribution in [0.15, 0.2) is 0 Å². The maximum absolute atomic E-state index is 13.1. The lowest BCUT2D eigenvalue weighted by atomic mass is 10.0. The Morgan fingerprint density at radius 3 is 0.747 bits per heavy atom. The first-order chi connectivity index (χ1) is 44.0. The van der Waals surface area contributed by atoms with E-state index in [2.05, 4.69) is 34.6 Å². The van der Waals surface area contributed by atoms with Crippen molar-refractivity contribution in [3.8, 4) is 0 Å². The Kier molecular flexibility index (Phi) is 64.0. The smallest absolute Gasteiger partial charge is 0.462 e. The predicted molar refractivity (Wildman–Crippen MR) is 368 cm³/mol. The third-order valence-electron chi connectivity index (χ3n) is 16.8. The van der Waals surface area contributed by atoms with Gasteiger partial charge in [0.2, 0.25) is 0 Å². The number of phosphoric acid groups is 2. The van der Waals surface area contributed by atoms with Gasteiger partial charge in [-0.2, -0.15) is 0 Å². The van der Waals surface area contributed by atoms with Gasteiger partial charge in [-0.25, -0.2) is 9.13 Å². The third-order valence-corrected chi connectivity index (χ3v) is 18.7. The molecule has 91 heavy (non-hydrogen) atoms. The molecule has 0 aromatic rings. The zero-order valence-electron chi connectivity index (χ0n) is 59.0. The minimum atomic E-state index is -4.95. The Bertz CT molecular complexity index is 1750. The van der Waals surface area contributed by atoms with Gasteiger partial charge in [0.1, 0.15) is 19.3 Å². The van der Waals surface area contributed by atoms with E-state index in [1.165, 1.54) is 180 Å². The monoisotopic (exact) mass is 1340 g/mol. The molecular weight excluding hydrogens is 1200 g/mol. The first-order valence-electron chi connectivity index (χ1n) is 37.6.